The third-order valence-electron chi connectivity index (χ3n) is 6.75. The average Bonchev–Trinajstić information content (AvgIpc) is 2.94. The molecule has 1 aromatic heterocycles. The first-order chi connectivity index (χ1) is 18.5. The fraction of sp³-hybridized carbons (Fsp3) is 0.483. The predicted octanol–water partition coefficient (Wildman–Crippen LogP) is 2.34. The van der Waals surface area contributed by atoms with Gasteiger partial charge in [0, 0.05) is 25.0 Å². The average molecular weight is 537 g/mol. The van der Waals surface area contributed by atoms with Crippen molar-refractivity contribution in [2.75, 3.05) is 0 Å². The van der Waals surface area contributed by atoms with Crippen LogP contribution in [0.15, 0.2) is 42.6 Å². The van der Waals surface area contributed by atoms with Crippen LogP contribution in [-0.4, -0.2) is 45.4 Å². The molecule has 2 amide bonds. The van der Waals surface area contributed by atoms with Crippen molar-refractivity contribution < 1.29 is 28.7 Å². The van der Waals surface area contributed by atoms with Crippen molar-refractivity contribution in [1.82, 2.24) is 20.6 Å². The number of rotatable bonds is 11. The van der Waals surface area contributed by atoms with Gasteiger partial charge in [0.15, 0.2) is 5.78 Å². The Bertz CT molecular complexity index is 1200. The molecule has 0 radical (unpaired) electrons. The van der Waals surface area contributed by atoms with E-state index in [0.717, 1.165) is 5.56 Å². The minimum absolute atomic E-state index is 0.0342. The normalized spacial score (nSPS) is 16.9. The smallest absolute Gasteiger partial charge is 0.306 e. The van der Waals surface area contributed by atoms with Crippen LogP contribution in [0.2, 0.25) is 0 Å². The first-order valence-electron chi connectivity index (χ1n) is 13.2. The highest BCUT2D eigenvalue weighted by molar-refractivity contribution is 6.37. The molecule has 0 spiro atoms. The fourth-order valence-corrected chi connectivity index (χ4v) is 4.42. The summed E-state index contributed by atoms with van der Waals surface area (Å²) in [6, 6.07) is 9.98. The standard InChI is InChI=1S/C29H36N4O6/c1-17(2)22(14-25(35)39-16-19-8-6-5-7-9-19)28(37)33-26(18(3)4)23(34)12-20-13-24-30-11-10-21(32-24)15-31-29(38)27(20)36/h5-11,17-18,20,22,26H,12-16H2,1-4H3,(H,31,38)(H,33,37). The number of ketones is 2. The number of nitrogens with one attached hydrogen (secondary N) is 2. The first-order valence-corrected chi connectivity index (χ1v) is 13.2. The molecule has 1 aliphatic rings. The van der Waals surface area contributed by atoms with Crippen LogP contribution < -0.4 is 10.6 Å². The molecule has 208 valence electrons. The highest BCUT2D eigenvalue weighted by Gasteiger charge is 2.35. The van der Waals surface area contributed by atoms with E-state index >= 15 is 0 Å². The van der Waals surface area contributed by atoms with E-state index in [1.165, 1.54) is 0 Å². The van der Waals surface area contributed by atoms with Crippen LogP contribution in [0.5, 0.6) is 0 Å². The van der Waals surface area contributed by atoms with Crippen molar-refractivity contribution in [3.05, 3.63) is 59.7 Å². The van der Waals surface area contributed by atoms with Crippen LogP contribution in [0, 0.1) is 23.7 Å². The van der Waals surface area contributed by atoms with E-state index < -0.39 is 41.4 Å². The molecule has 2 aromatic rings. The molecule has 0 fully saturated rings. The molecule has 3 unspecified atom stereocenters. The van der Waals surface area contributed by atoms with Gasteiger partial charge in [0.25, 0.3) is 5.91 Å². The minimum Gasteiger partial charge on any atom is -0.461 e. The van der Waals surface area contributed by atoms with E-state index in [1.54, 1.807) is 26.1 Å². The van der Waals surface area contributed by atoms with Gasteiger partial charge in [-0.25, -0.2) is 9.97 Å². The van der Waals surface area contributed by atoms with E-state index in [4.69, 9.17) is 4.74 Å². The largest absolute Gasteiger partial charge is 0.461 e. The van der Waals surface area contributed by atoms with Gasteiger partial charge in [-0.1, -0.05) is 58.0 Å². The number of Topliss-reactive ketones (excluding diaryl/α,β-unsaturated/α-hetero) is 2. The number of ether oxygens (including phenoxy) is 1. The highest BCUT2D eigenvalue weighted by atomic mass is 16.5. The summed E-state index contributed by atoms with van der Waals surface area (Å²) in [6.45, 7) is 7.41. The van der Waals surface area contributed by atoms with E-state index in [2.05, 4.69) is 20.6 Å². The molecule has 2 heterocycles. The molecule has 1 aromatic carbocycles. The molecule has 0 aliphatic carbocycles. The van der Waals surface area contributed by atoms with E-state index in [0.29, 0.717) is 11.5 Å². The third kappa shape index (κ3) is 8.53. The van der Waals surface area contributed by atoms with Crippen LogP contribution in [-0.2, 0) is 48.3 Å². The molecule has 0 saturated carbocycles. The fourth-order valence-electron chi connectivity index (χ4n) is 4.42. The Balaban J connectivity index is 1.67. The number of esters is 1. The molecule has 10 nitrogen and oxygen atoms in total. The van der Waals surface area contributed by atoms with E-state index in [1.807, 2.05) is 44.2 Å². The molecule has 3 atom stereocenters. The van der Waals surface area contributed by atoms with Crippen molar-refractivity contribution >= 4 is 29.4 Å². The SMILES string of the molecule is CC(C)C(CC(=O)OCc1ccccc1)C(=O)NC(C(=O)CC1Cc2nccc(n2)CNC(=O)C1=O)C(C)C. The summed E-state index contributed by atoms with van der Waals surface area (Å²) < 4.78 is 5.36. The van der Waals surface area contributed by atoms with Crippen LogP contribution in [0.1, 0.15) is 57.6 Å². The highest BCUT2D eigenvalue weighted by Crippen LogP contribution is 2.21. The lowest BCUT2D eigenvalue weighted by Crippen LogP contribution is -2.49. The molecule has 39 heavy (non-hydrogen) atoms. The van der Waals surface area contributed by atoms with Crippen molar-refractivity contribution in [3.8, 4) is 0 Å². The Morgan fingerprint density at radius 1 is 1.05 bits per heavy atom. The molecular formula is C29H36N4O6. The third-order valence-corrected chi connectivity index (χ3v) is 6.75. The zero-order chi connectivity index (χ0) is 28.5. The van der Waals surface area contributed by atoms with Crippen molar-refractivity contribution in [2.24, 2.45) is 23.7 Å². The molecule has 2 N–H and O–H groups in total. The summed E-state index contributed by atoms with van der Waals surface area (Å²) in [5.74, 6) is -4.62. The molecule has 3 rings (SSSR count). The van der Waals surface area contributed by atoms with Gasteiger partial charge < -0.3 is 15.4 Å². The maximum Gasteiger partial charge on any atom is 0.306 e. The number of aromatic nitrogens is 2. The van der Waals surface area contributed by atoms with Gasteiger partial charge in [0.2, 0.25) is 11.7 Å². The Labute approximate surface area is 228 Å². The summed E-state index contributed by atoms with van der Waals surface area (Å²) in [5, 5.41) is 5.33. The Morgan fingerprint density at radius 3 is 2.44 bits per heavy atom. The van der Waals surface area contributed by atoms with Crippen molar-refractivity contribution in [2.45, 2.75) is 66.2 Å². The monoisotopic (exact) mass is 536 g/mol. The van der Waals surface area contributed by atoms with Gasteiger partial charge in [-0.15, -0.1) is 0 Å². The number of benzene rings is 1. The van der Waals surface area contributed by atoms with Crippen LogP contribution >= 0.6 is 0 Å². The lowest BCUT2D eigenvalue weighted by atomic mass is 9.86. The maximum atomic E-state index is 13.4. The number of amides is 2. The Kier molecular flexibility index (Phi) is 10.4. The van der Waals surface area contributed by atoms with Gasteiger partial charge in [-0.3, -0.25) is 24.0 Å². The first kappa shape index (κ1) is 29.6. The number of carbonyl (C=O) groups is 5. The summed E-state index contributed by atoms with van der Waals surface area (Å²) in [4.78, 5) is 72.9. The number of fused-ring (bicyclic) bond motifs is 2. The van der Waals surface area contributed by atoms with Crippen LogP contribution in [0.4, 0.5) is 0 Å². The Morgan fingerprint density at radius 2 is 1.77 bits per heavy atom. The number of carbonyl (C=O) groups excluding carboxylic acids is 5. The molecule has 1 aliphatic heterocycles. The second-order valence-electron chi connectivity index (χ2n) is 10.5. The molecular weight excluding hydrogens is 500 g/mol. The van der Waals surface area contributed by atoms with Gasteiger partial charge in [0.05, 0.1) is 30.6 Å². The van der Waals surface area contributed by atoms with Gasteiger partial charge in [0.1, 0.15) is 12.4 Å². The summed E-state index contributed by atoms with van der Waals surface area (Å²) >= 11 is 0. The van der Waals surface area contributed by atoms with Gasteiger partial charge in [-0.2, -0.15) is 0 Å². The number of hydrogen-bond donors (Lipinski definition) is 2. The summed E-state index contributed by atoms with van der Waals surface area (Å²) in [7, 11) is 0. The van der Waals surface area contributed by atoms with Gasteiger partial charge in [-0.05, 0) is 23.5 Å². The van der Waals surface area contributed by atoms with E-state index in [-0.39, 0.29) is 50.0 Å². The quantitative estimate of drug-likeness (QED) is 0.329. The van der Waals surface area contributed by atoms with E-state index in [9.17, 15) is 24.0 Å². The van der Waals surface area contributed by atoms with Crippen LogP contribution in [0.25, 0.3) is 0 Å². The lowest BCUT2D eigenvalue weighted by Gasteiger charge is -2.27. The second kappa shape index (κ2) is 13.7. The second-order valence-corrected chi connectivity index (χ2v) is 10.5. The number of nitrogens with zero attached hydrogens (tertiary/aromatic N) is 2. The maximum absolute atomic E-state index is 13.4. The molecule has 10 heteroatoms. The zero-order valence-corrected chi connectivity index (χ0v) is 22.8. The predicted molar refractivity (Wildman–Crippen MR) is 142 cm³/mol. The topological polar surface area (TPSA) is 144 Å². The van der Waals surface area contributed by atoms with Crippen molar-refractivity contribution in [3.63, 3.8) is 0 Å². The summed E-state index contributed by atoms with van der Waals surface area (Å²) in [5.41, 5.74) is 1.41. The molecule has 2 bridgehead atoms. The van der Waals surface area contributed by atoms with Crippen LogP contribution in [0.3, 0.4) is 0 Å². The van der Waals surface area contributed by atoms with Crippen molar-refractivity contribution in [1.29, 1.82) is 0 Å². The molecule has 0 saturated heterocycles. The zero-order valence-electron chi connectivity index (χ0n) is 22.8. The summed E-state index contributed by atoms with van der Waals surface area (Å²) in [6.07, 6.45) is 1.19. The lowest BCUT2D eigenvalue weighted by molar-refractivity contribution is -0.149. The Hall–Kier alpha value is -3.95. The number of hydrogen-bond acceptors (Lipinski definition) is 8. The van der Waals surface area contributed by atoms with Gasteiger partial charge >= 0.3 is 5.97 Å². The minimum atomic E-state index is -0.960.